The van der Waals surface area contributed by atoms with Gasteiger partial charge in [0.05, 0.1) is 11.0 Å². The van der Waals surface area contributed by atoms with Crippen molar-refractivity contribution in [3.8, 4) is 0 Å². The number of nitrogens with one attached hydrogen (secondary N) is 1. The second-order valence-corrected chi connectivity index (χ2v) is 7.31. The molecule has 1 fully saturated rings. The molecule has 0 amide bonds. The average molecular weight is 307 g/mol. The van der Waals surface area contributed by atoms with Gasteiger partial charge in [0.1, 0.15) is 4.21 Å². The van der Waals surface area contributed by atoms with E-state index in [1.54, 1.807) is 0 Å². The van der Waals surface area contributed by atoms with Crippen LogP contribution in [0.15, 0.2) is 10.3 Å². The Hall–Kier alpha value is -1.23. The lowest BCUT2D eigenvalue weighted by atomic mass is 10.3. The lowest BCUT2D eigenvalue weighted by Crippen LogP contribution is -2.29. The molecule has 0 aliphatic carbocycles. The first-order valence-electron chi connectivity index (χ1n) is 5.50. The highest BCUT2D eigenvalue weighted by Gasteiger charge is 2.35. The van der Waals surface area contributed by atoms with E-state index in [0.717, 1.165) is 21.7 Å². The minimum absolute atomic E-state index is 0.0307. The monoisotopic (exact) mass is 307 g/mol. The third-order valence-corrected chi connectivity index (χ3v) is 6.29. The van der Waals surface area contributed by atoms with Gasteiger partial charge < -0.3 is 10.4 Å². The highest BCUT2D eigenvalue weighted by Crippen LogP contribution is 2.38. The van der Waals surface area contributed by atoms with Gasteiger partial charge >= 0.3 is 5.69 Å². The van der Waals surface area contributed by atoms with Gasteiger partial charge in [-0.05, 0) is 6.42 Å². The van der Waals surface area contributed by atoms with Crippen LogP contribution in [0.25, 0.3) is 0 Å². The Morgan fingerprint density at radius 1 is 1.63 bits per heavy atom. The van der Waals surface area contributed by atoms with Crippen LogP contribution in [0.2, 0.25) is 0 Å². The Bertz CT molecular complexity index is 597. The van der Waals surface area contributed by atoms with E-state index >= 15 is 0 Å². The van der Waals surface area contributed by atoms with Crippen molar-refractivity contribution < 1.29 is 18.4 Å². The number of β-amino-alcohol motifs (C(OH)–C–C–N with tert-alkyl or cyclic N) is 1. The number of thiophene rings is 1. The summed E-state index contributed by atoms with van der Waals surface area (Å²) in [5.74, 6) is 0. The molecule has 1 aromatic heterocycles. The van der Waals surface area contributed by atoms with Gasteiger partial charge in [-0.25, -0.2) is 8.42 Å². The summed E-state index contributed by atoms with van der Waals surface area (Å²) in [7, 11) is -2.27. The quantitative estimate of drug-likeness (QED) is 0.617. The molecule has 0 aromatic carbocycles. The second-order valence-electron chi connectivity index (χ2n) is 4.09. The zero-order valence-corrected chi connectivity index (χ0v) is 11.7. The van der Waals surface area contributed by atoms with Crippen LogP contribution in [0.5, 0.6) is 0 Å². The fourth-order valence-electron chi connectivity index (χ4n) is 1.86. The van der Waals surface area contributed by atoms with Crippen LogP contribution in [0.1, 0.15) is 6.42 Å². The Morgan fingerprint density at radius 2 is 2.32 bits per heavy atom. The Morgan fingerprint density at radius 3 is 2.74 bits per heavy atom. The normalized spacial score (nSPS) is 20.6. The van der Waals surface area contributed by atoms with Crippen LogP contribution in [-0.2, 0) is 10.0 Å². The molecule has 0 bridgehead atoms. The Labute approximate surface area is 113 Å². The number of aliphatic hydroxyl groups is 1. The molecule has 106 valence electrons. The number of nitro groups is 1. The van der Waals surface area contributed by atoms with E-state index in [9.17, 15) is 23.6 Å². The van der Waals surface area contributed by atoms with Gasteiger partial charge in [-0.2, -0.15) is 4.31 Å². The summed E-state index contributed by atoms with van der Waals surface area (Å²) >= 11 is 0.819. The summed E-state index contributed by atoms with van der Waals surface area (Å²) in [4.78, 5) is 10.2. The molecule has 8 nitrogen and oxygen atoms in total. The number of sulfonamides is 1. The van der Waals surface area contributed by atoms with Crippen LogP contribution >= 0.6 is 11.3 Å². The third kappa shape index (κ3) is 2.56. The molecule has 1 saturated heterocycles. The van der Waals surface area contributed by atoms with Crippen molar-refractivity contribution in [3.63, 3.8) is 0 Å². The molecule has 2 N–H and O–H groups in total. The first-order valence-corrected chi connectivity index (χ1v) is 7.76. The number of anilines is 1. The van der Waals surface area contributed by atoms with Crippen molar-refractivity contribution in [2.24, 2.45) is 0 Å². The molecular weight excluding hydrogens is 294 g/mol. The van der Waals surface area contributed by atoms with E-state index in [-0.39, 0.29) is 28.0 Å². The van der Waals surface area contributed by atoms with E-state index in [0.29, 0.717) is 6.42 Å². The fraction of sp³-hybridized carbons (Fsp3) is 0.556. The van der Waals surface area contributed by atoms with Crippen molar-refractivity contribution in [1.82, 2.24) is 4.31 Å². The highest BCUT2D eigenvalue weighted by atomic mass is 32.2. The van der Waals surface area contributed by atoms with Gasteiger partial charge in [0.2, 0.25) is 0 Å². The molecule has 1 aromatic rings. The van der Waals surface area contributed by atoms with Gasteiger partial charge in [0, 0.05) is 26.2 Å². The number of aliphatic hydroxyl groups excluding tert-OH is 1. The van der Waals surface area contributed by atoms with E-state index in [4.69, 9.17) is 0 Å². The molecule has 10 heteroatoms. The lowest BCUT2D eigenvalue weighted by Gasteiger charge is -2.13. The first-order chi connectivity index (χ1) is 8.86. The van der Waals surface area contributed by atoms with Gasteiger partial charge in [-0.15, -0.1) is 0 Å². The molecule has 1 aliphatic heterocycles. The number of hydrogen-bond acceptors (Lipinski definition) is 7. The van der Waals surface area contributed by atoms with Crippen molar-refractivity contribution in [2.75, 3.05) is 25.5 Å². The summed E-state index contributed by atoms with van der Waals surface area (Å²) in [5, 5.41) is 23.0. The van der Waals surface area contributed by atoms with Crippen molar-refractivity contribution in [1.29, 1.82) is 0 Å². The van der Waals surface area contributed by atoms with Crippen LogP contribution in [-0.4, -0.2) is 49.0 Å². The first kappa shape index (κ1) is 14.2. The number of rotatable bonds is 4. The molecule has 1 atom stereocenters. The molecule has 0 radical (unpaired) electrons. The Kier molecular flexibility index (Phi) is 3.76. The van der Waals surface area contributed by atoms with Gasteiger partial charge in [-0.1, -0.05) is 11.3 Å². The van der Waals surface area contributed by atoms with Crippen LogP contribution in [0.3, 0.4) is 0 Å². The molecule has 2 heterocycles. The maximum absolute atomic E-state index is 12.3. The third-order valence-electron chi connectivity index (χ3n) is 2.83. The van der Waals surface area contributed by atoms with E-state index < -0.39 is 21.1 Å². The molecule has 0 saturated carbocycles. The van der Waals surface area contributed by atoms with Crippen molar-refractivity contribution >= 4 is 32.0 Å². The van der Waals surface area contributed by atoms with E-state index in [1.165, 1.54) is 7.05 Å². The predicted octanol–water partition coefficient (Wildman–Crippen LogP) is 0.453. The molecular formula is C9H13N3O5S2. The van der Waals surface area contributed by atoms with Crippen molar-refractivity contribution in [3.05, 3.63) is 16.2 Å². The summed E-state index contributed by atoms with van der Waals surface area (Å²) in [6.07, 6.45) is -0.292. The van der Waals surface area contributed by atoms with Gasteiger partial charge in [0.15, 0.2) is 5.00 Å². The Balaban J connectivity index is 2.38. The SMILES string of the molecule is CNc1sc(S(=O)(=O)N2CCC(O)C2)cc1[N+](=O)[O-]. The molecule has 1 aliphatic rings. The molecule has 1 unspecified atom stereocenters. The standard InChI is InChI=1S/C9H13N3O5S2/c1-10-9-7(12(14)15)4-8(18-9)19(16,17)11-3-2-6(13)5-11/h4,6,10,13H,2-3,5H2,1H3. The molecule has 2 rings (SSSR count). The number of nitrogens with zero attached hydrogens (tertiary/aromatic N) is 2. The van der Waals surface area contributed by atoms with Crippen LogP contribution in [0, 0.1) is 10.1 Å². The summed E-state index contributed by atoms with van der Waals surface area (Å²) in [6.45, 7) is 0.257. The number of hydrogen-bond donors (Lipinski definition) is 2. The van der Waals surface area contributed by atoms with Crippen molar-refractivity contribution in [2.45, 2.75) is 16.7 Å². The predicted molar refractivity (Wildman–Crippen MR) is 69.9 cm³/mol. The van der Waals surface area contributed by atoms with Gasteiger partial charge in [0.25, 0.3) is 10.0 Å². The van der Waals surface area contributed by atoms with Gasteiger partial charge in [-0.3, -0.25) is 10.1 Å². The zero-order chi connectivity index (χ0) is 14.2. The zero-order valence-electron chi connectivity index (χ0n) is 10.1. The maximum atomic E-state index is 12.3. The fourth-order valence-corrected chi connectivity index (χ4v) is 4.79. The highest BCUT2D eigenvalue weighted by molar-refractivity contribution is 7.91. The second kappa shape index (κ2) is 5.04. The summed E-state index contributed by atoms with van der Waals surface area (Å²) < 4.78 is 25.6. The van der Waals surface area contributed by atoms with E-state index in [2.05, 4.69) is 5.32 Å². The van der Waals surface area contributed by atoms with Crippen LogP contribution < -0.4 is 5.32 Å². The minimum atomic E-state index is -3.77. The smallest absolute Gasteiger partial charge is 0.304 e. The summed E-state index contributed by atoms with van der Waals surface area (Å²) in [6, 6.07) is 1.05. The largest absolute Gasteiger partial charge is 0.392 e. The summed E-state index contributed by atoms with van der Waals surface area (Å²) in [5.41, 5.74) is -0.258. The maximum Gasteiger partial charge on any atom is 0.304 e. The minimum Gasteiger partial charge on any atom is -0.392 e. The van der Waals surface area contributed by atoms with E-state index in [1.807, 2.05) is 0 Å². The molecule has 0 spiro atoms. The average Bonchev–Trinajstić information content (AvgIpc) is 2.94. The molecule has 19 heavy (non-hydrogen) atoms. The van der Waals surface area contributed by atoms with Crippen LogP contribution in [0.4, 0.5) is 10.7 Å². The topological polar surface area (TPSA) is 113 Å². The lowest BCUT2D eigenvalue weighted by molar-refractivity contribution is -0.383.